The number of rotatable bonds is 4. The summed E-state index contributed by atoms with van der Waals surface area (Å²) in [5.41, 5.74) is 2.05. The lowest BCUT2D eigenvalue weighted by Crippen LogP contribution is -2.18. The van der Waals surface area contributed by atoms with Gasteiger partial charge in [-0.3, -0.25) is 0 Å². The average molecular weight is 396 g/mol. The second-order valence-electron chi connectivity index (χ2n) is 3.94. The first-order valence-corrected chi connectivity index (χ1v) is 7.79. The first-order valence-electron chi connectivity index (χ1n) is 5.46. The molecule has 1 atom stereocenters. The van der Waals surface area contributed by atoms with E-state index in [1.165, 1.54) is 14.5 Å². The predicted octanol–water partition coefficient (Wildman–Crippen LogP) is 4.65. The van der Waals surface area contributed by atoms with Crippen LogP contribution in [0.5, 0.6) is 0 Å². The molecule has 0 bridgehead atoms. The molecule has 0 saturated carbocycles. The fourth-order valence-electron chi connectivity index (χ4n) is 1.82. The zero-order valence-electron chi connectivity index (χ0n) is 9.71. The molecule has 5 heteroatoms. The Kier molecular flexibility index (Phi) is 5.00. The van der Waals surface area contributed by atoms with E-state index >= 15 is 0 Å². The van der Waals surface area contributed by atoms with Crippen LogP contribution in [0.1, 0.15) is 17.2 Å². The van der Waals surface area contributed by atoms with Crippen molar-refractivity contribution in [2.75, 3.05) is 7.05 Å². The smallest absolute Gasteiger partial charge is 0.142 e. The first-order chi connectivity index (χ1) is 8.61. The number of nitrogens with one attached hydrogen (secondary N) is 1. The molecule has 2 aromatic rings. The molecule has 2 rings (SSSR count). The highest BCUT2D eigenvalue weighted by atomic mass is 127. The highest BCUT2D eigenvalue weighted by Crippen LogP contribution is 2.28. The summed E-state index contributed by atoms with van der Waals surface area (Å²) in [5.74, 6) is -0.357. The van der Waals surface area contributed by atoms with Crippen molar-refractivity contribution in [2.45, 2.75) is 12.5 Å². The van der Waals surface area contributed by atoms with Crippen molar-refractivity contribution >= 4 is 45.5 Å². The molecule has 0 fully saturated rings. The minimum Gasteiger partial charge on any atom is -0.313 e. The van der Waals surface area contributed by atoms with E-state index in [0.29, 0.717) is 6.42 Å². The summed E-state index contributed by atoms with van der Waals surface area (Å²) in [5, 5.41) is 5.59. The molecular formula is C13H12ClFINS. The van der Waals surface area contributed by atoms with E-state index in [1.54, 1.807) is 17.4 Å². The third kappa shape index (κ3) is 3.23. The van der Waals surface area contributed by atoms with Gasteiger partial charge in [0, 0.05) is 6.04 Å². The summed E-state index contributed by atoms with van der Waals surface area (Å²) in [6.45, 7) is 0. The Labute approximate surface area is 129 Å². The summed E-state index contributed by atoms with van der Waals surface area (Å²) in [6.07, 6.45) is 0.680. The standard InChI is InChI=1S/C13H12ClFINS/c1-17-11(9-6-12(16)18-7-9)5-8-3-2-4-10(15)13(8)14/h2-4,6-7,11,17H,5H2,1H3. The van der Waals surface area contributed by atoms with Gasteiger partial charge in [-0.2, -0.15) is 0 Å². The van der Waals surface area contributed by atoms with Crippen molar-refractivity contribution in [1.82, 2.24) is 5.32 Å². The Morgan fingerprint density at radius 1 is 1.50 bits per heavy atom. The lowest BCUT2D eigenvalue weighted by molar-refractivity contribution is 0.586. The van der Waals surface area contributed by atoms with Crippen molar-refractivity contribution < 1.29 is 4.39 Å². The number of benzene rings is 1. The summed E-state index contributed by atoms with van der Waals surface area (Å²) in [4.78, 5) is 0. The van der Waals surface area contributed by atoms with Crippen LogP contribution in [-0.4, -0.2) is 7.05 Å². The number of halogens is 3. The summed E-state index contributed by atoms with van der Waals surface area (Å²) in [6, 6.07) is 7.24. The highest BCUT2D eigenvalue weighted by Gasteiger charge is 2.15. The van der Waals surface area contributed by atoms with E-state index in [-0.39, 0.29) is 16.9 Å². The van der Waals surface area contributed by atoms with Crippen molar-refractivity contribution in [2.24, 2.45) is 0 Å². The molecule has 1 heterocycles. The van der Waals surface area contributed by atoms with Crippen molar-refractivity contribution in [3.63, 3.8) is 0 Å². The number of hydrogen-bond acceptors (Lipinski definition) is 2. The Hall–Kier alpha value is -0.170. The summed E-state index contributed by atoms with van der Waals surface area (Å²) < 4.78 is 14.6. The monoisotopic (exact) mass is 395 g/mol. The normalized spacial score (nSPS) is 12.7. The van der Waals surface area contributed by atoms with Gasteiger partial charge in [-0.15, -0.1) is 11.3 Å². The van der Waals surface area contributed by atoms with Gasteiger partial charge in [0.2, 0.25) is 0 Å². The second kappa shape index (κ2) is 6.32. The van der Waals surface area contributed by atoms with Crippen LogP contribution >= 0.6 is 45.5 Å². The first kappa shape index (κ1) is 14.2. The molecule has 1 aromatic heterocycles. The molecule has 0 aliphatic rings. The van der Waals surface area contributed by atoms with Crippen LogP contribution in [0, 0.1) is 8.70 Å². The van der Waals surface area contributed by atoms with Gasteiger partial charge >= 0.3 is 0 Å². The fraction of sp³-hybridized carbons (Fsp3) is 0.231. The quantitative estimate of drug-likeness (QED) is 0.743. The van der Waals surface area contributed by atoms with Gasteiger partial charge in [0.05, 0.1) is 7.91 Å². The maximum Gasteiger partial charge on any atom is 0.142 e. The van der Waals surface area contributed by atoms with Gasteiger partial charge in [-0.1, -0.05) is 23.7 Å². The van der Waals surface area contributed by atoms with Gasteiger partial charge < -0.3 is 5.32 Å². The van der Waals surface area contributed by atoms with E-state index in [4.69, 9.17) is 11.6 Å². The Balaban J connectivity index is 2.23. The van der Waals surface area contributed by atoms with E-state index < -0.39 is 0 Å². The fourth-order valence-corrected chi connectivity index (χ4v) is 3.45. The van der Waals surface area contributed by atoms with Gasteiger partial charge in [0.25, 0.3) is 0 Å². The van der Waals surface area contributed by atoms with Crippen LogP contribution in [-0.2, 0) is 6.42 Å². The predicted molar refractivity (Wildman–Crippen MR) is 84.0 cm³/mol. The molecule has 0 saturated heterocycles. The van der Waals surface area contributed by atoms with Crippen molar-refractivity contribution in [3.05, 3.63) is 54.5 Å². The van der Waals surface area contributed by atoms with Gasteiger partial charge in [-0.25, -0.2) is 4.39 Å². The lowest BCUT2D eigenvalue weighted by atomic mass is 10.0. The van der Waals surface area contributed by atoms with Gasteiger partial charge in [-0.05, 0) is 64.7 Å². The van der Waals surface area contributed by atoms with Crippen LogP contribution in [0.15, 0.2) is 29.6 Å². The Morgan fingerprint density at radius 3 is 2.89 bits per heavy atom. The minimum absolute atomic E-state index is 0.157. The van der Waals surface area contributed by atoms with Crippen molar-refractivity contribution in [1.29, 1.82) is 0 Å². The lowest BCUT2D eigenvalue weighted by Gasteiger charge is -2.16. The molecule has 96 valence electrons. The molecule has 0 spiro atoms. The Morgan fingerprint density at radius 2 is 2.28 bits per heavy atom. The van der Waals surface area contributed by atoms with E-state index in [0.717, 1.165) is 5.56 Å². The highest BCUT2D eigenvalue weighted by molar-refractivity contribution is 14.1. The summed E-state index contributed by atoms with van der Waals surface area (Å²) >= 11 is 9.99. The van der Waals surface area contributed by atoms with Crippen LogP contribution in [0.2, 0.25) is 5.02 Å². The maximum absolute atomic E-state index is 13.4. The largest absolute Gasteiger partial charge is 0.313 e. The average Bonchev–Trinajstić information content (AvgIpc) is 2.78. The molecule has 0 radical (unpaired) electrons. The molecule has 0 aliphatic heterocycles. The zero-order valence-corrected chi connectivity index (χ0v) is 13.4. The zero-order chi connectivity index (χ0) is 13.1. The van der Waals surface area contributed by atoms with Crippen LogP contribution in [0.3, 0.4) is 0 Å². The molecule has 1 aromatic carbocycles. The van der Waals surface area contributed by atoms with Crippen LogP contribution in [0.25, 0.3) is 0 Å². The van der Waals surface area contributed by atoms with Crippen LogP contribution < -0.4 is 5.32 Å². The number of hydrogen-bond donors (Lipinski definition) is 1. The van der Waals surface area contributed by atoms with Gasteiger partial charge in [0.15, 0.2) is 0 Å². The SMILES string of the molecule is CNC(Cc1cccc(F)c1Cl)c1csc(I)c1. The van der Waals surface area contributed by atoms with E-state index in [2.05, 4.69) is 39.4 Å². The number of likely N-dealkylation sites (N-methyl/N-ethyl adjacent to an activating group) is 1. The summed E-state index contributed by atoms with van der Waals surface area (Å²) in [7, 11) is 1.91. The Bertz CT molecular complexity index is 544. The third-order valence-corrected chi connectivity index (χ3v) is 5.02. The van der Waals surface area contributed by atoms with Crippen LogP contribution in [0.4, 0.5) is 4.39 Å². The van der Waals surface area contributed by atoms with Crippen molar-refractivity contribution in [3.8, 4) is 0 Å². The molecule has 1 N–H and O–H groups in total. The van der Waals surface area contributed by atoms with E-state index in [1.807, 2.05) is 13.1 Å². The molecule has 1 unspecified atom stereocenters. The topological polar surface area (TPSA) is 12.0 Å². The minimum atomic E-state index is -0.357. The molecule has 0 aliphatic carbocycles. The van der Waals surface area contributed by atoms with E-state index in [9.17, 15) is 4.39 Å². The molecular weight excluding hydrogens is 384 g/mol. The maximum atomic E-state index is 13.4. The molecule has 0 amide bonds. The molecule has 1 nitrogen and oxygen atoms in total. The number of thiophene rings is 1. The third-order valence-electron chi connectivity index (χ3n) is 2.79. The second-order valence-corrected chi connectivity index (χ2v) is 7.13. The molecule has 18 heavy (non-hydrogen) atoms. The van der Waals surface area contributed by atoms with Gasteiger partial charge in [0.1, 0.15) is 5.82 Å².